The zero-order valence-corrected chi connectivity index (χ0v) is 13.1. The standard InChI is InChI=1S/C15H25N5O/c1-19(2)15(7-4-8-15)11-20(3)10-13-6-5-12(9-17-13)14(21)18-16/h5-6,9H,4,7-8,10-11,16H2,1-3H3,(H,18,21). The number of rotatable bonds is 6. The molecule has 2 rings (SSSR count). The van der Waals surface area contributed by atoms with Crippen molar-refractivity contribution in [3.63, 3.8) is 0 Å². The van der Waals surface area contributed by atoms with Crippen LogP contribution in [0.4, 0.5) is 0 Å². The molecule has 1 heterocycles. The minimum atomic E-state index is -0.316. The lowest BCUT2D eigenvalue weighted by Gasteiger charge is -2.49. The third-order valence-electron chi connectivity index (χ3n) is 4.45. The normalized spacial score (nSPS) is 16.9. The van der Waals surface area contributed by atoms with Gasteiger partial charge in [-0.2, -0.15) is 0 Å². The van der Waals surface area contributed by atoms with Crippen molar-refractivity contribution in [3.8, 4) is 0 Å². The van der Waals surface area contributed by atoms with E-state index in [1.807, 2.05) is 6.07 Å². The fourth-order valence-electron chi connectivity index (χ4n) is 2.90. The molecule has 0 atom stereocenters. The van der Waals surface area contributed by atoms with Crippen LogP contribution in [0.5, 0.6) is 0 Å². The van der Waals surface area contributed by atoms with Crippen LogP contribution in [0.2, 0.25) is 0 Å². The highest BCUT2D eigenvalue weighted by Gasteiger charge is 2.39. The van der Waals surface area contributed by atoms with E-state index in [-0.39, 0.29) is 5.91 Å². The van der Waals surface area contributed by atoms with Crippen LogP contribution < -0.4 is 11.3 Å². The molecule has 21 heavy (non-hydrogen) atoms. The first kappa shape index (κ1) is 15.9. The average molecular weight is 291 g/mol. The summed E-state index contributed by atoms with van der Waals surface area (Å²) in [5, 5.41) is 0. The topological polar surface area (TPSA) is 74.5 Å². The molecule has 6 heteroatoms. The zero-order chi connectivity index (χ0) is 15.5. The van der Waals surface area contributed by atoms with Gasteiger partial charge in [0.2, 0.25) is 0 Å². The number of hydrazine groups is 1. The molecular formula is C15H25N5O. The lowest BCUT2D eigenvalue weighted by Crippen LogP contribution is -2.56. The second-order valence-electron chi connectivity index (χ2n) is 6.16. The van der Waals surface area contributed by atoms with Crippen molar-refractivity contribution in [2.75, 3.05) is 27.7 Å². The minimum absolute atomic E-state index is 0.314. The van der Waals surface area contributed by atoms with Crippen LogP contribution in [0.3, 0.4) is 0 Å². The van der Waals surface area contributed by atoms with E-state index >= 15 is 0 Å². The molecule has 0 aromatic carbocycles. The molecular weight excluding hydrogens is 266 g/mol. The Morgan fingerprint density at radius 2 is 2.10 bits per heavy atom. The number of nitrogens with two attached hydrogens (primary N) is 1. The first-order valence-corrected chi connectivity index (χ1v) is 7.29. The molecule has 1 fully saturated rings. The fourth-order valence-corrected chi connectivity index (χ4v) is 2.90. The summed E-state index contributed by atoms with van der Waals surface area (Å²) in [6, 6.07) is 3.63. The number of likely N-dealkylation sites (N-methyl/N-ethyl adjacent to an activating group) is 2. The van der Waals surface area contributed by atoms with Gasteiger partial charge in [0.05, 0.1) is 11.3 Å². The van der Waals surface area contributed by atoms with Gasteiger partial charge in [0.1, 0.15) is 0 Å². The summed E-state index contributed by atoms with van der Waals surface area (Å²) in [5.41, 5.74) is 3.86. The molecule has 0 unspecified atom stereocenters. The molecule has 3 N–H and O–H groups in total. The van der Waals surface area contributed by atoms with Crippen LogP contribution in [0.25, 0.3) is 0 Å². The van der Waals surface area contributed by atoms with E-state index in [0.29, 0.717) is 11.1 Å². The number of nitrogens with zero attached hydrogens (tertiary/aromatic N) is 3. The third kappa shape index (κ3) is 3.58. The number of nitrogen functional groups attached to an aromatic ring is 1. The van der Waals surface area contributed by atoms with Crippen molar-refractivity contribution >= 4 is 5.91 Å². The number of pyridine rings is 1. The molecule has 1 saturated carbocycles. The number of aromatic nitrogens is 1. The summed E-state index contributed by atoms with van der Waals surface area (Å²) in [4.78, 5) is 20.3. The maximum absolute atomic E-state index is 11.4. The van der Waals surface area contributed by atoms with Gasteiger partial charge in [0.15, 0.2) is 0 Å². The largest absolute Gasteiger partial charge is 0.302 e. The van der Waals surface area contributed by atoms with Crippen molar-refractivity contribution in [2.24, 2.45) is 5.84 Å². The van der Waals surface area contributed by atoms with Crippen LogP contribution in [0.1, 0.15) is 35.3 Å². The van der Waals surface area contributed by atoms with Crippen LogP contribution >= 0.6 is 0 Å². The molecule has 116 valence electrons. The van der Waals surface area contributed by atoms with Crippen molar-refractivity contribution in [1.82, 2.24) is 20.2 Å². The van der Waals surface area contributed by atoms with Crippen molar-refractivity contribution in [1.29, 1.82) is 0 Å². The van der Waals surface area contributed by atoms with E-state index in [2.05, 4.69) is 41.4 Å². The fraction of sp³-hybridized carbons (Fsp3) is 0.600. The monoisotopic (exact) mass is 291 g/mol. The number of carbonyl (C=O) groups is 1. The molecule has 0 aliphatic heterocycles. The van der Waals surface area contributed by atoms with E-state index in [0.717, 1.165) is 18.8 Å². The van der Waals surface area contributed by atoms with E-state index in [1.165, 1.54) is 19.3 Å². The Kier molecular flexibility index (Phi) is 4.92. The van der Waals surface area contributed by atoms with Crippen molar-refractivity contribution in [3.05, 3.63) is 29.6 Å². The molecule has 0 bridgehead atoms. The first-order chi connectivity index (χ1) is 9.97. The zero-order valence-electron chi connectivity index (χ0n) is 13.1. The maximum Gasteiger partial charge on any atom is 0.266 e. The second kappa shape index (κ2) is 6.51. The Hall–Kier alpha value is -1.50. The molecule has 1 aliphatic rings. The molecule has 1 aromatic heterocycles. The summed E-state index contributed by atoms with van der Waals surface area (Å²) in [6.45, 7) is 1.81. The number of amides is 1. The maximum atomic E-state index is 11.4. The smallest absolute Gasteiger partial charge is 0.266 e. The van der Waals surface area contributed by atoms with Gasteiger partial charge >= 0.3 is 0 Å². The Labute approximate surface area is 126 Å². The molecule has 0 saturated heterocycles. The van der Waals surface area contributed by atoms with E-state index in [9.17, 15) is 4.79 Å². The summed E-state index contributed by atoms with van der Waals surface area (Å²) in [6.07, 6.45) is 5.39. The van der Waals surface area contributed by atoms with Crippen LogP contribution in [-0.2, 0) is 6.54 Å². The molecule has 0 radical (unpaired) electrons. The number of nitrogens with one attached hydrogen (secondary N) is 1. The van der Waals surface area contributed by atoms with Crippen LogP contribution in [-0.4, -0.2) is 53.9 Å². The Balaban J connectivity index is 1.93. The lowest BCUT2D eigenvalue weighted by atomic mass is 9.75. The van der Waals surface area contributed by atoms with Crippen molar-refractivity contribution < 1.29 is 4.79 Å². The SMILES string of the molecule is CN(Cc1ccc(C(=O)NN)cn1)CC1(N(C)C)CCC1. The third-order valence-corrected chi connectivity index (χ3v) is 4.45. The highest BCUT2D eigenvalue weighted by atomic mass is 16.2. The molecule has 1 aliphatic carbocycles. The van der Waals surface area contributed by atoms with Gasteiger partial charge in [0.25, 0.3) is 5.91 Å². The van der Waals surface area contributed by atoms with Crippen molar-refractivity contribution in [2.45, 2.75) is 31.3 Å². The highest BCUT2D eigenvalue weighted by molar-refractivity contribution is 5.93. The van der Waals surface area contributed by atoms with Crippen LogP contribution in [0.15, 0.2) is 18.3 Å². The average Bonchev–Trinajstić information content (AvgIpc) is 2.42. The predicted octanol–water partition coefficient (Wildman–Crippen LogP) is 0.601. The Morgan fingerprint density at radius 1 is 1.38 bits per heavy atom. The van der Waals surface area contributed by atoms with E-state index in [4.69, 9.17) is 5.84 Å². The van der Waals surface area contributed by atoms with Gasteiger partial charge in [-0.1, -0.05) is 0 Å². The molecule has 6 nitrogen and oxygen atoms in total. The Morgan fingerprint density at radius 3 is 2.52 bits per heavy atom. The summed E-state index contributed by atoms with van der Waals surface area (Å²) >= 11 is 0. The molecule has 1 aromatic rings. The van der Waals surface area contributed by atoms with Gasteiger partial charge in [-0.3, -0.25) is 20.1 Å². The Bertz CT molecular complexity index is 481. The summed E-state index contributed by atoms with van der Waals surface area (Å²) < 4.78 is 0. The molecule has 0 spiro atoms. The highest BCUT2D eigenvalue weighted by Crippen LogP contribution is 2.36. The summed E-state index contributed by atoms with van der Waals surface area (Å²) in [5.74, 6) is 4.79. The van der Waals surface area contributed by atoms with E-state index in [1.54, 1.807) is 12.3 Å². The quantitative estimate of drug-likeness (QED) is 0.456. The van der Waals surface area contributed by atoms with Gasteiger partial charge in [-0.25, -0.2) is 5.84 Å². The second-order valence-corrected chi connectivity index (χ2v) is 6.16. The van der Waals surface area contributed by atoms with E-state index < -0.39 is 0 Å². The first-order valence-electron chi connectivity index (χ1n) is 7.29. The summed E-state index contributed by atoms with van der Waals surface area (Å²) in [7, 11) is 6.43. The number of hydrogen-bond acceptors (Lipinski definition) is 5. The number of hydrogen-bond donors (Lipinski definition) is 2. The predicted molar refractivity (Wildman–Crippen MR) is 82.5 cm³/mol. The molecule has 1 amide bonds. The van der Waals surface area contributed by atoms with Gasteiger partial charge in [0, 0.05) is 24.8 Å². The number of carbonyl (C=O) groups excluding carboxylic acids is 1. The lowest BCUT2D eigenvalue weighted by molar-refractivity contribution is 0.0256. The van der Waals surface area contributed by atoms with Gasteiger partial charge in [-0.05, 0) is 52.5 Å². The van der Waals surface area contributed by atoms with Gasteiger partial charge in [-0.15, -0.1) is 0 Å². The van der Waals surface area contributed by atoms with Gasteiger partial charge < -0.3 is 4.90 Å². The van der Waals surface area contributed by atoms with Crippen LogP contribution in [0, 0.1) is 0 Å². The minimum Gasteiger partial charge on any atom is -0.302 e.